The molecule has 0 aliphatic rings. The summed E-state index contributed by atoms with van der Waals surface area (Å²) in [6.07, 6.45) is 1.87. The molecule has 18 heavy (non-hydrogen) atoms. The van der Waals surface area contributed by atoms with Crippen LogP contribution in [0.4, 0.5) is 0 Å². The molecule has 1 aromatic carbocycles. The van der Waals surface area contributed by atoms with E-state index in [2.05, 4.69) is 4.74 Å². The normalized spacial score (nSPS) is 9.00. The molecule has 5 heteroatoms. The SMILES string of the molecule is CCCCOC(=O)CO.O=C(O)c1ccccc1. The maximum absolute atomic E-state index is 10.2. The minimum absolute atomic E-state index is 0.331. The molecule has 0 saturated heterocycles. The zero-order chi connectivity index (χ0) is 13.8. The zero-order valence-electron chi connectivity index (χ0n) is 10.3. The number of hydrogen-bond acceptors (Lipinski definition) is 4. The first-order chi connectivity index (χ1) is 8.61. The number of aliphatic hydroxyl groups excluding tert-OH is 1. The van der Waals surface area contributed by atoms with Crippen molar-refractivity contribution in [3.63, 3.8) is 0 Å². The number of aromatic carboxylic acids is 1. The van der Waals surface area contributed by atoms with E-state index in [1.807, 2.05) is 6.92 Å². The number of benzene rings is 1. The predicted octanol–water partition coefficient (Wildman–Crippen LogP) is 1.71. The maximum atomic E-state index is 10.2. The lowest BCUT2D eigenvalue weighted by atomic mass is 10.2. The number of carbonyl (C=O) groups is 2. The summed E-state index contributed by atoms with van der Waals surface area (Å²) in [6.45, 7) is 1.92. The Kier molecular flexibility index (Phi) is 9.21. The van der Waals surface area contributed by atoms with Gasteiger partial charge in [0, 0.05) is 0 Å². The molecule has 0 unspecified atom stereocenters. The summed E-state index contributed by atoms with van der Waals surface area (Å²) in [5.41, 5.74) is 0.331. The Hall–Kier alpha value is -1.88. The average molecular weight is 254 g/mol. The van der Waals surface area contributed by atoms with Crippen molar-refractivity contribution in [1.82, 2.24) is 0 Å². The number of carboxylic acid groups (broad SMARTS) is 1. The third-order valence-corrected chi connectivity index (χ3v) is 1.91. The van der Waals surface area contributed by atoms with Crippen molar-refractivity contribution in [3.8, 4) is 0 Å². The predicted molar refractivity (Wildman–Crippen MR) is 66.4 cm³/mol. The Morgan fingerprint density at radius 2 is 1.83 bits per heavy atom. The van der Waals surface area contributed by atoms with Crippen molar-refractivity contribution in [3.05, 3.63) is 35.9 Å². The second kappa shape index (κ2) is 10.3. The molecular weight excluding hydrogens is 236 g/mol. The van der Waals surface area contributed by atoms with Crippen molar-refractivity contribution in [2.45, 2.75) is 19.8 Å². The van der Waals surface area contributed by atoms with Crippen LogP contribution in [0.15, 0.2) is 30.3 Å². The molecule has 0 aliphatic carbocycles. The first-order valence-corrected chi connectivity index (χ1v) is 5.66. The fourth-order valence-corrected chi connectivity index (χ4v) is 0.957. The molecule has 0 radical (unpaired) electrons. The largest absolute Gasteiger partial charge is 0.478 e. The van der Waals surface area contributed by atoms with Crippen LogP contribution < -0.4 is 0 Å². The van der Waals surface area contributed by atoms with Crippen LogP contribution in [0.25, 0.3) is 0 Å². The molecular formula is C13H18O5. The Bertz CT molecular complexity index is 348. The Morgan fingerprint density at radius 3 is 2.22 bits per heavy atom. The molecule has 0 spiro atoms. The quantitative estimate of drug-likeness (QED) is 0.617. The number of carbonyl (C=O) groups excluding carboxylic acids is 1. The van der Waals surface area contributed by atoms with Crippen molar-refractivity contribution in [2.24, 2.45) is 0 Å². The summed E-state index contributed by atoms with van der Waals surface area (Å²) in [6, 6.07) is 8.30. The van der Waals surface area contributed by atoms with Gasteiger partial charge in [0.15, 0.2) is 0 Å². The van der Waals surface area contributed by atoms with E-state index in [9.17, 15) is 9.59 Å². The molecule has 0 heterocycles. The fraction of sp³-hybridized carbons (Fsp3) is 0.385. The number of carboxylic acids is 1. The number of unbranched alkanes of at least 4 members (excludes halogenated alkanes) is 1. The van der Waals surface area contributed by atoms with Crippen LogP contribution in [0, 0.1) is 0 Å². The third-order valence-electron chi connectivity index (χ3n) is 1.91. The third kappa shape index (κ3) is 8.29. The van der Waals surface area contributed by atoms with Crippen LogP contribution >= 0.6 is 0 Å². The highest BCUT2D eigenvalue weighted by molar-refractivity contribution is 5.87. The zero-order valence-corrected chi connectivity index (χ0v) is 10.3. The number of rotatable bonds is 5. The molecule has 0 amide bonds. The van der Waals surface area contributed by atoms with Crippen LogP contribution in [0.3, 0.4) is 0 Å². The van der Waals surface area contributed by atoms with E-state index < -0.39 is 18.5 Å². The monoisotopic (exact) mass is 254 g/mol. The van der Waals surface area contributed by atoms with Crippen LogP contribution in [-0.2, 0) is 9.53 Å². The summed E-state index contributed by atoms with van der Waals surface area (Å²) in [7, 11) is 0. The number of aliphatic hydroxyl groups is 1. The van der Waals surface area contributed by atoms with E-state index >= 15 is 0 Å². The average Bonchev–Trinajstić information content (AvgIpc) is 2.40. The van der Waals surface area contributed by atoms with E-state index in [1.165, 1.54) is 0 Å². The van der Waals surface area contributed by atoms with Gasteiger partial charge in [-0.2, -0.15) is 0 Å². The van der Waals surface area contributed by atoms with Gasteiger partial charge in [0.25, 0.3) is 0 Å². The Morgan fingerprint density at radius 1 is 1.22 bits per heavy atom. The molecule has 0 aliphatic heterocycles. The number of ether oxygens (including phenoxy) is 1. The van der Waals surface area contributed by atoms with Crippen molar-refractivity contribution in [2.75, 3.05) is 13.2 Å². The summed E-state index contributed by atoms with van der Waals surface area (Å²) < 4.78 is 4.54. The van der Waals surface area contributed by atoms with Crippen molar-refractivity contribution >= 4 is 11.9 Å². The molecule has 1 aromatic rings. The molecule has 0 atom stereocenters. The van der Waals surface area contributed by atoms with Crippen LogP contribution in [0.5, 0.6) is 0 Å². The van der Waals surface area contributed by atoms with Gasteiger partial charge in [-0.25, -0.2) is 9.59 Å². The highest BCUT2D eigenvalue weighted by Crippen LogP contribution is 1.96. The minimum Gasteiger partial charge on any atom is -0.478 e. The van der Waals surface area contributed by atoms with E-state index in [-0.39, 0.29) is 0 Å². The highest BCUT2D eigenvalue weighted by atomic mass is 16.5. The van der Waals surface area contributed by atoms with Gasteiger partial charge in [0.05, 0.1) is 12.2 Å². The van der Waals surface area contributed by atoms with E-state index in [4.69, 9.17) is 10.2 Å². The summed E-state index contributed by atoms with van der Waals surface area (Å²) in [5, 5.41) is 16.5. The van der Waals surface area contributed by atoms with Gasteiger partial charge < -0.3 is 14.9 Å². The van der Waals surface area contributed by atoms with Gasteiger partial charge in [-0.3, -0.25) is 0 Å². The molecule has 0 fully saturated rings. The van der Waals surface area contributed by atoms with Crippen molar-refractivity contribution < 1.29 is 24.5 Å². The van der Waals surface area contributed by atoms with Gasteiger partial charge in [-0.05, 0) is 18.6 Å². The molecule has 0 bridgehead atoms. The minimum atomic E-state index is -0.879. The number of hydrogen-bond donors (Lipinski definition) is 2. The summed E-state index contributed by atoms with van der Waals surface area (Å²) in [5.74, 6) is -1.42. The maximum Gasteiger partial charge on any atom is 0.335 e. The van der Waals surface area contributed by atoms with Crippen LogP contribution in [0.2, 0.25) is 0 Å². The lowest BCUT2D eigenvalue weighted by Crippen LogP contribution is -2.09. The molecule has 100 valence electrons. The number of esters is 1. The van der Waals surface area contributed by atoms with E-state index in [0.717, 1.165) is 12.8 Å². The lowest BCUT2D eigenvalue weighted by molar-refractivity contribution is -0.146. The summed E-state index contributed by atoms with van der Waals surface area (Å²) in [4.78, 5) is 20.4. The first-order valence-electron chi connectivity index (χ1n) is 5.66. The van der Waals surface area contributed by atoms with Gasteiger partial charge in [-0.1, -0.05) is 31.5 Å². The molecule has 0 saturated carbocycles. The lowest BCUT2D eigenvalue weighted by Gasteiger charge is -1.98. The van der Waals surface area contributed by atoms with Gasteiger partial charge >= 0.3 is 11.9 Å². The topological polar surface area (TPSA) is 83.8 Å². The van der Waals surface area contributed by atoms with Crippen LogP contribution in [-0.4, -0.2) is 35.4 Å². The van der Waals surface area contributed by atoms with Crippen LogP contribution in [0.1, 0.15) is 30.1 Å². The molecule has 0 aromatic heterocycles. The van der Waals surface area contributed by atoms with Gasteiger partial charge in [0.2, 0.25) is 0 Å². The second-order valence-corrected chi connectivity index (χ2v) is 3.40. The Labute approximate surface area is 106 Å². The standard InChI is InChI=1S/C7H6O2.C6H12O3/c8-7(9)6-4-2-1-3-5-6;1-2-3-4-9-6(8)5-7/h1-5H,(H,8,9);7H,2-5H2,1H3. The second-order valence-electron chi connectivity index (χ2n) is 3.40. The Balaban J connectivity index is 0.000000321. The molecule has 5 nitrogen and oxygen atoms in total. The summed E-state index contributed by atoms with van der Waals surface area (Å²) >= 11 is 0. The fourth-order valence-electron chi connectivity index (χ4n) is 0.957. The first kappa shape index (κ1) is 16.1. The van der Waals surface area contributed by atoms with E-state index in [0.29, 0.717) is 12.2 Å². The van der Waals surface area contributed by atoms with E-state index in [1.54, 1.807) is 30.3 Å². The van der Waals surface area contributed by atoms with Gasteiger partial charge in [-0.15, -0.1) is 0 Å². The van der Waals surface area contributed by atoms with Gasteiger partial charge in [0.1, 0.15) is 6.61 Å². The van der Waals surface area contributed by atoms with Crippen molar-refractivity contribution in [1.29, 1.82) is 0 Å². The smallest absolute Gasteiger partial charge is 0.335 e. The molecule has 1 rings (SSSR count). The highest BCUT2D eigenvalue weighted by Gasteiger charge is 1.97. The molecule has 2 N–H and O–H groups in total.